The molecule has 3 saturated carbocycles. The van der Waals surface area contributed by atoms with Crippen molar-refractivity contribution >= 4 is 11.9 Å². The zero-order valence-electron chi connectivity index (χ0n) is 19.9. The van der Waals surface area contributed by atoms with E-state index in [1.165, 1.54) is 25.8 Å². The Labute approximate surface area is 186 Å². The summed E-state index contributed by atoms with van der Waals surface area (Å²) >= 11 is 0. The van der Waals surface area contributed by atoms with Crippen LogP contribution in [-0.2, 0) is 19.1 Å². The van der Waals surface area contributed by atoms with Crippen LogP contribution in [0.5, 0.6) is 0 Å². The van der Waals surface area contributed by atoms with Crippen LogP contribution in [0, 0.1) is 34.5 Å². The molecule has 0 aliphatic heterocycles. The fourth-order valence-electron chi connectivity index (χ4n) is 8.33. The van der Waals surface area contributed by atoms with Crippen molar-refractivity contribution in [2.45, 2.75) is 97.7 Å². The molecule has 0 bridgehead atoms. The van der Waals surface area contributed by atoms with Crippen molar-refractivity contribution in [3.8, 4) is 0 Å². The van der Waals surface area contributed by atoms with Gasteiger partial charge in [0, 0.05) is 20.3 Å². The van der Waals surface area contributed by atoms with Gasteiger partial charge in [-0.2, -0.15) is 0 Å². The topological polar surface area (TPSA) is 72.8 Å². The average Bonchev–Trinajstić information content (AvgIpc) is 3.04. The molecular weight excluding hydrogens is 392 g/mol. The zero-order valence-corrected chi connectivity index (χ0v) is 19.9. The third-order valence-electron chi connectivity index (χ3n) is 9.71. The van der Waals surface area contributed by atoms with E-state index in [1.807, 2.05) is 6.92 Å². The molecule has 4 aliphatic carbocycles. The minimum atomic E-state index is -0.982. The Bertz CT molecular complexity index is 770. The van der Waals surface area contributed by atoms with E-state index in [1.54, 1.807) is 0 Å². The quantitative estimate of drug-likeness (QED) is 0.510. The number of carbonyl (C=O) groups excluding carboxylic acids is 2. The SMILES string of the molecule is CC(=O)OC[C@](C)(O)[C@H]1CC[C@H]2[C@H]3CC=C4C[C@@H](OC(C)=O)CC[C@]4(C)[C@@H]3CC[C@@]21C. The molecule has 5 nitrogen and oxygen atoms in total. The summed E-state index contributed by atoms with van der Waals surface area (Å²) in [5.74, 6) is 1.57. The normalized spacial score (nSPS) is 43.5. The molecule has 3 fully saturated rings. The molecule has 31 heavy (non-hydrogen) atoms. The number of rotatable bonds is 4. The van der Waals surface area contributed by atoms with Gasteiger partial charge in [-0.1, -0.05) is 25.5 Å². The predicted octanol–water partition coefficient (Wildman–Crippen LogP) is 4.81. The Kier molecular flexibility index (Phi) is 5.81. The fraction of sp³-hybridized carbons (Fsp3) is 0.846. The van der Waals surface area contributed by atoms with Crippen molar-refractivity contribution in [1.82, 2.24) is 0 Å². The van der Waals surface area contributed by atoms with Gasteiger partial charge in [-0.05, 0) is 86.4 Å². The van der Waals surface area contributed by atoms with E-state index in [4.69, 9.17) is 9.47 Å². The molecule has 0 heterocycles. The van der Waals surface area contributed by atoms with Gasteiger partial charge in [0.2, 0.25) is 0 Å². The third kappa shape index (κ3) is 3.85. The molecule has 0 aromatic heterocycles. The van der Waals surface area contributed by atoms with Gasteiger partial charge >= 0.3 is 11.9 Å². The molecule has 0 aromatic rings. The first kappa shape index (κ1) is 22.8. The molecule has 1 N–H and O–H groups in total. The summed E-state index contributed by atoms with van der Waals surface area (Å²) < 4.78 is 10.8. The third-order valence-corrected chi connectivity index (χ3v) is 9.71. The second-order valence-corrected chi connectivity index (χ2v) is 11.5. The van der Waals surface area contributed by atoms with Crippen LogP contribution in [0.1, 0.15) is 86.0 Å². The summed E-state index contributed by atoms with van der Waals surface area (Å²) in [5, 5.41) is 11.3. The number of allylic oxidation sites excluding steroid dienone is 1. The molecular formula is C26H40O5. The monoisotopic (exact) mass is 432 g/mol. The summed E-state index contributed by atoms with van der Waals surface area (Å²) in [4.78, 5) is 22.8. The second-order valence-electron chi connectivity index (χ2n) is 11.5. The largest absolute Gasteiger partial charge is 0.463 e. The van der Waals surface area contributed by atoms with Crippen LogP contribution >= 0.6 is 0 Å². The Morgan fingerprint density at radius 2 is 1.84 bits per heavy atom. The van der Waals surface area contributed by atoms with Crippen molar-refractivity contribution in [3.63, 3.8) is 0 Å². The van der Waals surface area contributed by atoms with E-state index >= 15 is 0 Å². The number of aliphatic hydroxyl groups is 1. The molecule has 4 aliphatic rings. The maximum absolute atomic E-state index is 11.4. The van der Waals surface area contributed by atoms with Crippen molar-refractivity contribution < 1.29 is 24.2 Å². The first-order chi connectivity index (χ1) is 14.5. The van der Waals surface area contributed by atoms with Gasteiger partial charge in [-0.15, -0.1) is 0 Å². The molecule has 5 heteroatoms. The van der Waals surface area contributed by atoms with Crippen molar-refractivity contribution in [3.05, 3.63) is 11.6 Å². The van der Waals surface area contributed by atoms with E-state index in [-0.39, 0.29) is 41.4 Å². The first-order valence-corrected chi connectivity index (χ1v) is 12.2. The molecule has 0 radical (unpaired) electrons. The van der Waals surface area contributed by atoms with E-state index in [2.05, 4.69) is 19.9 Å². The predicted molar refractivity (Wildman–Crippen MR) is 118 cm³/mol. The van der Waals surface area contributed by atoms with Crippen LogP contribution < -0.4 is 0 Å². The van der Waals surface area contributed by atoms with E-state index in [0.29, 0.717) is 17.8 Å². The van der Waals surface area contributed by atoms with Gasteiger partial charge in [0.1, 0.15) is 12.7 Å². The number of esters is 2. The lowest BCUT2D eigenvalue weighted by atomic mass is 9.47. The number of hydrogen-bond donors (Lipinski definition) is 1. The van der Waals surface area contributed by atoms with Crippen LogP contribution in [0.3, 0.4) is 0 Å². The smallest absolute Gasteiger partial charge is 0.302 e. The first-order valence-electron chi connectivity index (χ1n) is 12.2. The van der Waals surface area contributed by atoms with Crippen molar-refractivity contribution in [2.24, 2.45) is 34.5 Å². The van der Waals surface area contributed by atoms with Gasteiger partial charge in [0.05, 0.1) is 5.60 Å². The van der Waals surface area contributed by atoms with Gasteiger partial charge in [0.25, 0.3) is 0 Å². The Morgan fingerprint density at radius 3 is 2.52 bits per heavy atom. The van der Waals surface area contributed by atoms with Crippen molar-refractivity contribution in [2.75, 3.05) is 6.61 Å². The number of carbonyl (C=O) groups is 2. The summed E-state index contributed by atoms with van der Waals surface area (Å²) in [6.45, 7) is 9.69. The minimum Gasteiger partial charge on any atom is -0.463 e. The number of hydrogen-bond acceptors (Lipinski definition) is 5. The van der Waals surface area contributed by atoms with E-state index in [9.17, 15) is 14.7 Å². The minimum absolute atomic E-state index is 0.0365. The number of ether oxygens (including phenoxy) is 2. The van der Waals surface area contributed by atoms with Gasteiger partial charge in [0.15, 0.2) is 0 Å². The highest BCUT2D eigenvalue weighted by molar-refractivity contribution is 5.66. The van der Waals surface area contributed by atoms with Crippen molar-refractivity contribution in [1.29, 1.82) is 0 Å². The molecule has 0 saturated heterocycles. The number of fused-ring (bicyclic) bond motifs is 5. The van der Waals surface area contributed by atoms with E-state index < -0.39 is 5.60 Å². The highest BCUT2D eigenvalue weighted by atomic mass is 16.5. The second kappa shape index (κ2) is 7.90. The molecule has 174 valence electrons. The molecule has 0 aromatic carbocycles. The lowest BCUT2D eigenvalue weighted by Gasteiger charge is -2.58. The Hall–Kier alpha value is -1.36. The highest BCUT2D eigenvalue weighted by Gasteiger charge is 2.61. The van der Waals surface area contributed by atoms with Gasteiger partial charge in [-0.25, -0.2) is 0 Å². The van der Waals surface area contributed by atoms with Gasteiger partial charge in [-0.3, -0.25) is 9.59 Å². The summed E-state index contributed by atoms with van der Waals surface area (Å²) in [5.41, 5.74) is 0.816. The molecule has 0 amide bonds. The Balaban J connectivity index is 1.54. The van der Waals surface area contributed by atoms with Crippen LogP contribution in [0.15, 0.2) is 11.6 Å². The lowest BCUT2D eigenvalue weighted by Crippen LogP contribution is -2.54. The molecule has 8 atom stereocenters. The standard InChI is InChI=1S/C26H40O5/c1-16(27)30-15-26(5,29)23-9-8-21-20-7-6-18-14-19(31-17(2)28)10-12-24(18,3)22(20)11-13-25(21,23)4/h6,19-23,29H,7-15H2,1-5H3/t19-,20+,21-,22+,23-,24-,25-,26-/m0/s1. The maximum atomic E-state index is 11.4. The van der Waals surface area contributed by atoms with E-state index in [0.717, 1.165) is 44.9 Å². The van der Waals surface area contributed by atoms with Crippen LogP contribution in [0.4, 0.5) is 0 Å². The maximum Gasteiger partial charge on any atom is 0.302 e. The summed E-state index contributed by atoms with van der Waals surface area (Å²) in [6.07, 6.45) is 11.0. The molecule has 0 unspecified atom stereocenters. The average molecular weight is 433 g/mol. The van der Waals surface area contributed by atoms with Crippen LogP contribution in [-0.4, -0.2) is 35.4 Å². The van der Waals surface area contributed by atoms with Crippen LogP contribution in [0.2, 0.25) is 0 Å². The summed E-state index contributed by atoms with van der Waals surface area (Å²) in [7, 11) is 0. The molecule has 4 rings (SSSR count). The zero-order chi connectivity index (χ0) is 22.6. The highest BCUT2D eigenvalue weighted by Crippen LogP contribution is 2.67. The molecule has 0 spiro atoms. The van der Waals surface area contributed by atoms with Crippen LogP contribution in [0.25, 0.3) is 0 Å². The van der Waals surface area contributed by atoms with Gasteiger partial charge < -0.3 is 14.6 Å². The Morgan fingerprint density at radius 1 is 1.10 bits per heavy atom. The summed E-state index contributed by atoms with van der Waals surface area (Å²) in [6, 6.07) is 0. The lowest BCUT2D eigenvalue weighted by molar-refractivity contribution is -0.159. The fourth-order valence-corrected chi connectivity index (χ4v) is 8.33.